The van der Waals surface area contributed by atoms with Gasteiger partial charge in [0.15, 0.2) is 0 Å². The van der Waals surface area contributed by atoms with E-state index in [1.54, 1.807) is 6.92 Å². The Labute approximate surface area is 148 Å². The summed E-state index contributed by atoms with van der Waals surface area (Å²) >= 11 is 0. The number of nitrogens with one attached hydrogen (secondary N) is 1. The molecule has 0 saturated heterocycles. The fraction of sp³-hybridized carbons (Fsp3) is 0.412. The van der Waals surface area contributed by atoms with Crippen LogP contribution in [0.25, 0.3) is 0 Å². The fourth-order valence-electron chi connectivity index (χ4n) is 2.34. The molecule has 0 bridgehead atoms. The predicted molar refractivity (Wildman–Crippen MR) is 95.3 cm³/mol. The molecule has 0 aliphatic heterocycles. The van der Waals surface area contributed by atoms with Crippen LogP contribution in [0.15, 0.2) is 30.9 Å². The van der Waals surface area contributed by atoms with Crippen molar-refractivity contribution in [2.75, 3.05) is 7.05 Å². The first kappa shape index (κ1) is 20.9. The van der Waals surface area contributed by atoms with E-state index in [4.69, 9.17) is 14.7 Å². The molecule has 0 saturated carbocycles. The van der Waals surface area contributed by atoms with E-state index < -0.39 is 31.4 Å². The van der Waals surface area contributed by atoms with E-state index in [9.17, 15) is 9.59 Å². The van der Waals surface area contributed by atoms with E-state index in [2.05, 4.69) is 11.9 Å². The van der Waals surface area contributed by atoms with Crippen LogP contribution in [0, 0.1) is 13.8 Å². The van der Waals surface area contributed by atoms with Crippen molar-refractivity contribution in [2.24, 2.45) is 0 Å². The van der Waals surface area contributed by atoms with Crippen molar-refractivity contribution in [2.45, 2.75) is 39.5 Å². The third-order valence-corrected chi connectivity index (χ3v) is 3.98. The molecular weight excluding hydrogens is 323 g/mol. The summed E-state index contributed by atoms with van der Waals surface area (Å²) < 4.78 is 4.98. The maximum absolute atomic E-state index is 12.3. The molecule has 1 aromatic rings. The van der Waals surface area contributed by atoms with Crippen molar-refractivity contribution in [3.63, 3.8) is 0 Å². The van der Waals surface area contributed by atoms with Gasteiger partial charge >= 0.3 is 7.32 Å². The standard InChI is InChI=1S/C17H25BN2O5/c1-6-16(21)20(5)13(4)17(22)19-15(25-18(23)24)10-14-8-7-11(2)9-12(14)3/h6-9,13,15,23-24H,1,10H2,2-5H3,(H,19,22)/t13-,15+/m0/s1. The van der Waals surface area contributed by atoms with Crippen LogP contribution in [0.4, 0.5) is 0 Å². The lowest BCUT2D eigenvalue weighted by Gasteiger charge is -2.26. The van der Waals surface area contributed by atoms with E-state index in [0.29, 0.717) is 0 Å². The van der Waals surface area contributed by atoms with E-state index in [1.807, 2.05) is 32.0 Å². The summed E-state index contributed by atoms with van der Waals surface area (Å²) in [6, 6.07) is 5.04. The van der Waals surface area contributed by atoms with Crippen molar-refractivity contribution in [1.29, 1.82) is 0 Å². The minimum absolute atomic E-state index is 0.251. The summed E-state index contributed by atoms with van der Waals surface area (Å²) in [5, 5.41) is 20.8. The van der Waals surface area contributed by atoms with Crippen LogP contribution < -0.4 is 5.32 Å². The number of benzene rings is 1. The van der Waals surface area contributed by atoms with Gasteiger partial charge in [0.05, 0.1) is 0 Å². The summed E-state index contributed by atoms with van der Waals surface area (Å²) in [5.74, 6) is -0.871. The van der Waals surface area contributed by atoms with Gasteiger partial charge in [-0.2, -0.15) is 0 Å². The maximum Gasteiger partial charge on any atom is 0.635 e. The molecule has 25 heavy (non-hydrogen) atoms. The monoisotopic (exact) mass is 348 g/mol. The molecule has 0 radical (unpaired) electrons. The van der Waals surface area contributed by atoms with Crippen LogP contribution in [0.3, 0.4) is 0 Å². The Hall–Kier alpha value is -2.16. The molecule has 0 unspecified atom stereocenters. The van der Waals surface area contributed by atoms with Gasteiger partial charge in [0, 0.05) is 13.5 Å². The lowest BCUT2D eigenvalue weighted by Crippen LogP contribution is -2.51. The average Bonchev–Trinajstić information content (AvgIpc) is 2.54. The number of carbonyl (C=O) groups is 2. The number of carbonyl (C=O) groups excluding carboxylic acids is 2. The molecule has 136 valence electrons. The Morgan fingerprint density at radius 3 is 2.56 bits per heavy atom. The smallest absolute Gasteiger partial charge is 0.402 e. The molecule has 0 aliphatic carbocycles. The molecule has 0 spiro atoms. The van der Waals surface area contributed by atoms with Gasteiger partial charge in [-0.1, -0.05) is 30.3 Å². The second-order valence-electron chi connectivity index (χ2n) is 5.92. The van der Waals surface area contributed by atoms with Gasteiger partial charge < -0.3 is 24.9 Å². The van der Waals surface area contributed by atoms with Crippen LogP contribution in [-0.2, 0) is 20.7 Å². The molecule has 0 aliphatic rings. The number of nitrogens with zero attached hydrogens (tertiary/aromatic N) is 1. The fourth-order valence-corrected chi connectivity index (χ4v) is 2.34. The summed E-state index contributed by atoms with van der Waals surface area (Å²) in [6.45, 7) is 8.84. The van der Waals surface area contributed by atoms with Crippen LogP contribution in [-0.4, -0.2) is 53.4 Å². The summed E-state index contributed by atoms with van der Waals surface area (Å²) in [6.07, 6.45) is 0.412. The van der Waals surface area contributed by atoms with Gasteiger partial charge in [-0.15, -0.1) is 0 Å². The molecule has 8 heteroatoms. The molecule has 2 atom stereocenters. The Morgan fingerprint density at radius 2 is 2.04 bits per heavy atom. The Bertz CT molecular complexity index is 635. The van der Waals surface area contributed by atoms with E-state index >= 15 is 0 Å². The maximum atomic E-state index is 12.3. The Morgan fingerprint density at radius 1 is 1.40 bits per heavy atom. The quantitative estimate of drug-likeness (QED) is 0.357. The van der Waals surface area contributed by atoms with Gasteiger partial charge in [-0.25, -0.2) is 0 Å². The van der Waals surface area contributed by atoms with E-state index in [0.717, 1.165) is 22.8 Å². The van der Waals surface area contributed by atoms with Crippen LogP contribution in [0.5, 0.6) is 0 Å². The zero-order chi connectivity index (χ0) is 19.1. The number of amides is 2. The number of likely N-dealkylation sites (N-methyl/N-ethyl adjacent to an activating group) is 1. The lowest BCUT2D eigenvalue weighted by atomic mass is 10.0. The number of aryl methyl sites for hydroxylation is 2. The molecule has 1 aromatic carbocycles. The van der Waals surface area contributed by atoms with Crippen molar-refractivity contribution in [1.82, 2.24) is 10.2 Å². The lowest BCUT2D eigenvalue weighted by molar-refractivity contribution is -0.136. The first-order valence-corrected chi connectivity index (χ1v) is 7.93. The zero-order valence-electron chi connectivity index (χ0n) is 15.0. The number of hydrogen-bond acceptors (Lipinski definition) is 5. The van der Waals surface area contributed by atoms with E-state index in [-0.39, 0.29) is 6.42 Å². The van der Waals surface area contributed by atoms with E-state index in [1.165, 1.54) is 11.9 Å². The molecule has 0 aromatic heterocycles. The third-order valence-electron chi connectivity index (χ3n) is 3.98. The van der Waals surface area contributed by atoms with Gasteiger partial charge in [0.2, 0.25) is 11.8 Å². The average molecular weight is 348 g/mol. The largest absolute Gasteiger partial charge is 0.635 e. The molecular formula is C17H25BN2O5. The summed E-state index contributed by atoms with van der Waals surface area (Å²) in [7, 11) is -0.548. The first-order chi connectivity index (χ1) is 11.6. The van der Waals surface area contributed by atoms with Crippen LogP contribution in [0.1, 0.15) is 23.6 Å². The van der Waals surface area contributed by atoms with Crippen molar-refractivity contribution >= 4 is 19.1 Å². The second kappa shape index (κ2) is 9.36. The molecule has 3 N–H and O–H groups in total. The number of hydrogen-bond donors (Lipinski definition) is 3. The molecule has 0 heterocycles. The highest BCUT2D eigenvalue weighted by molar-refractivity contribution is 6.32. The summed E-state index contributed by atoms with van der Waals surface area (Å²) in [4.78, 5) is 25.2. The molecule has 1 rings (SSSR count). The highest BCUT2D eigenvalue weighted by Crippen LogP contribution is 2.13. The highest BCUT2D eigenvalue weighted by Gasteiger charge is 2.26. The molecule has 7 nitrogen and oxygen atoms in total. The van der Waals surface area contributed by atoms with Gasteiger partial charge in [0.1, 0.15) is 12.3 Å². The topological polar surface area (TPSA) is 99.1 Å². The first-order valence-electron chi connectivity index (χ1n) is 7.93. The van der Waals surface area contributed by atoms with Crippen molar-refractivity contribution in [3.8, 4) is 0 Å². The minimum atomic E-state index is -2.03. The normalized spacial score (nSPS) is 12.9. The number of rotatable bonds is 8. The predicted octanol–water partition coefficient (Wildman–Crippen LogP) is 0.307. The summed E-state index contributed by atoms with van der Waals surface area (Å²) in [5.41, 5.74) is 3.00. The SMILES string of the molecule is C=CC(=O)N(C)[C@@H](C)C(=O)N[C@@H](Cc1ccc(C)cc1C)OB(O)O. The Balaban J connectivity index is 2.86. The Kier molecular flexibility index (Phi) is 7.82. The van der Waals surface area contributed by atoms with Gasteiger partial charge in [-0.05, 0) is 38.0 Å². The van der Waals surface area contributed by atoms with Crippen molar-refractivity contribution in [3.05, 3.63) is 47.5 Å². The third kappa shape index (κ3) is 6.34. The van der Waals surface area contributed by atoms with Crippen LogP contribution >= 0.6 is 0 Å². The van der Waals surface area contributed by atoms with Gasteiger partial charge in [-0.3, -0.25) is 9.59 Å². The highest BCUT2D eigenvalue weighted by atomic mass is 16.6. The van der Waals surface area contributed by atoms with Crippen LogP contribution in [0.2, 0.25) is 0 Å². The molecule has 0 fully saturated rings. The van der Waals surface area contributed by atoms with Gasteiger partial charge in [0.25, 0.3) is 0 Å². The second-order valence-corrected chi connectivity index (χ2v) is 5.92. The zero-order valence-corrected chi connectivity index (χ0v) is 15.0. The van der Waals surface area contributed by atoms with Crippen molar-refractivity contribution < 1.29 is 24.3 Å². The minimum Gasteiger partial charge on any atom is -0.402 e. The molecule has 2 amide bonds.